The van der Waals surface area contributed by atoms with Crippen molar-refractivity contribution in [3.8, 4) is 17.1 Å². The Morgan fingerprint density at radius 3 is 2.58 bits per heavy atom. The van der Waals surface area contributed by atoms with Crippen LogP contribution in [0.15, 0.2) is 27.9 Å². The summed E-state index contributed by atoms with van der Waals surface area (Å²) in [6, 6.07) is 4.68. The molecule has 1 aromatic carbocycles. The second-order valence-electron chi connectivity index (χ2n) is 10.8. The van der Waals surface area contributed by atoms with Crippen LogP contribution in [0.2, 0.25) is 0 Å². The lowest BCUT2D eigenvalue weighted by Gasteiger charge is -2.29. The first-order chi connectivity index (χ1) is 19.2. The molecule has 220 valence electrons. The number of H-pyrrole nitrogens is 1. The van der Waals surface area contributed by atoms with E-state index in [4.69, 9.17) is 14.8 Å². The third-order valence-corrected chi connectivity index (χ3v) is 9.63. The topological polar surface area (TPSA) is 130 Å². The third-order valence-electron chi connectivity index (χ3n) is 7.74. The van der Waals surface area contributed by atoms with Crippen LogP contribution in [0, 0.1) is 12.8 Å². The fourth-order valence-corrected chi connectivity index (χ4v) is 6.80. The fourth-order valence-electron chi connectivity index (χ4n) is 5.31. The second-order valence-corrected chi connectivity index (χ2v) is 12.7. The van der Waals surface area contributed by atoms with Gasteiger partial charge in [0.25, 0.3) is 5.56 Å². The molecule has 10 nitrogen and oxygen atoms in total. The monoisotopic (exact) mass is 573 g/mol. The molecule has 4 rings (SSSR count). The number of aryl methyl sites for hydroxylation is 1. The van der Waals surface area contributed by atoms with Gasteiger partial charge in [-0.15, -0.1) is 5.10 Å². The van der Waals surface area contributed by atoms with Crippen LogP contribution >= 0.6 is 0 Å². The highest BCUT2D eigenvalue weighted by Gasteiger charge is 2.30. The molecule has 1 fully saturated rings. The largest absolute Gasteiger partial charge is 0.493 e. The van der Waals surface area contributed by atoms with Crippen LogP contribution in [0.4, 0.5) is 0 Å². The highest BCUT2D eigenvalue weighted by Crippen LogP contribution is 2.32. The van der Waals surface area contributed by atoms with E-state index in [-0.39, 0.29) is 29.4 Å². The summed E-state index contributed by atoms with van der Waals surface area (Å²) in [5.74, 6) is 1.84. The number of imidazole rings is 1. The highest BCUT2D eigenvalue weighted by molar-refractivity contribution is 7.89. The van der Waals surface area contributed by atoms with Gasteiger partial charge in [-0.2, -0.15) is 4.31 Å². The molecule has 1 aliphatic rings. The number of nitrogens with zero attached hydrogens (tertiary/aromatic N) is 4. The normalized spacial score (nSPS) is 16.0. The molecule has 2 aromatic heterocycles. The summed E-state index contributed by atoms with van der Waals surface area (Å²) in [5.41, 5.74) is 1.08. The number of piperidine rings is 1. The van der Waals surface area contributed by atoms with E-state index in [9.17, 15) is 18.3 Å². The number of aliphatic hydroxyl groups excluding tert-OH is 1. The molecule has 2 N–H and O–H groups in total. The van der Waals surface area contributed by atoms with Gasteiger partial charge in [0.15, 0.2) is 11.3 Å². The van der Waals surface area contributed by atoms with Gasteiger partial charge in [-0.05, 0) is 50.3 Å². The number of fused-ring (bicyclic) bond motifs is 1. The highest BCUT2D eigenvalue weighted by atomic mass is 32.2. The van der Waals surface area contributed by atoms with Gasteiger partial charge >= 0.3 is 0 Å². The maximum Gasteiger partial charge on any atom is 0.277 e. The number of ether oxygens (including phenoxy) is 1. The summed E-state index contributed by atoms with van der Waals surface area (Å²) in [6.07, 6.45) is 7.40. The first kappa shape index (κ1) is 30.2. The number of aliphatic hydroxyl groups is 1. The predicted octanol–water partition coefficient (Wildman–Crippen LogP) is 4.48. The molecule has 1 atom stereocenters. The van der Waals surface area contributed by atoms with E-state index in [0.717, 1.165) is 31.5 Å². The molecule has 1 unspecified atom stereocenters. The van der Waals surface area contributed by atoms with Crippen molar-refractivity contribution in [2.75, 3.05) is 19.7 Å². The molecule has 3 heterocycles. The van der Waals surface area contributed by atoms with E-state index >= 15 is 0 Å². The maximum atomic E-state index is 13.5. The molecule has 0 aliphatic carbocycles. The quantitative estimate of drug-likeness (QED) is 0.289. The lowest BCUT2D eigenvalue weighted by Crippen LogP contribution is -2.40. The number of rotatable bonds is 13. The SMILES string of the molecule is CCCCCC(CC)Cc1nc(C)c2c(=O)[nH]c(-c3cc(S(=O)(=O)N4CCC(O)CC4)ccc3OCCC)nn12. The van der Waals surface area contributed by atoms with Gasteiger partial charge in [0, 0.05) is 19.5 Å². The Morgan fingerprint density at radius 2 is 1.90 bits per heavy atom. The Kier molecular flexibility index (Phi) is 10.0. The molecule has 1 saturated heterocycles. The van der Waals surface area contributed by atoms with E-state index in [1.807, 2.05) is 13.8 Å². The third kappa shape index (κ3) is 6.58. The van der Waals surface area contributed by atoms with Crippen molar-refractivity contribution < 1.29 is 18.3 Å². The number of aromatic amines is 1. The van der Waals surface area contributed by atoms with E-state index in [0.29, 0.717) is 54.3 Å². The smallest absolute Gasteiger partial charge is 0.277 e. The second kappa shape index (κ2) is 13.3. The van der Waals surface area contributed by atoms with Crippen molar-refractivity contribution in [1.82, 2.24) is 23.9 Å². The maximum absolute atomic E-state index is 13.5. The van der Waals surface area contributed by atoms with Gasteiger partial charge in [-0.25, -0.2) is 17.9 Å². The van der Waals surface area contributed by atoms with Gasteiger partial charge < -0.3 is 14.8 Å². The van der Waals surface area contributed by atoms with Gasteiger partial charge in [-0.1, -0.05) is 52.9 Å². The fraction of sp³-hybridized carbons (Fsp3) is 0.621. The van der Waals surface area contributed by atoms with Crippen LogP contribution in [0.3, 0.4) is 0 Å². The molecule has 3 aromatic rings. The van der Waals surface area contributed by atoms with Crippen molar-refractivity contribution in [1.29, 1.82) is 0 Å². The van der Waals surface area contributed by atoms with E-state index in [1.165, 1.54) is 29.3 Å². The zero-order valence-electron chi connectivity index (χ0n) is 24.1. The molecular weight excluding hydrogens is 530 g/mol. The Bertz CT molecular complexity index is 1460. The molecular formula is C29H43N5O5S. The molecule has 0 amide bonds. The van der Waals surface area contributed by atoms with Crippen molar-refractivity contribution in [2.24, 2.45) is 5.92 Å². The Labute approximate surface area is 236 Å². The van der Waals surface area contributed by atoms with Crippen LogP contribution in [-0.4, -0.2) is 63.2 Å². The molecule has 11 heteroatoms. The van der Waals surface area contributed by atoms with Gasteiger partial charge in [0.1, 0.15) is 11.6 Å². The number of hydrogen-bond acceptors (Lipinski definition) is 7. The lowest BCUT2D eigenvalue weighted by atomic mass is 9.95. The summed E-state index contributed by atoms with van der Waals surface area (Å²) in [5, 5.41) is 14.7. The van der Waals surface area contributed by atoms with E-state index < -0.39 is 16.1 Å². The standard InChI is InChI=1S/C29H43N5O5S/c1-5-8-9-10-21(7-3)18-26-30-20(4)27-29(36)31-28(32-34(26)27)24-19-23(11-12-25(24)39-17-6-2)40(37,38)33-15-13-22(35)14-16-33/h11-12,19,21-22,35H,5-10,13-18H2,1-4H3,(H,31,32,36). The van der Waals surface area contributed by atoms with Gasteiger partial charge in [-0.3, -0.25) is 4.79 Å². The van der Waals surface area contributed by atoms with Crippen LogP contribution in [0.25, 0.3) is 16.9 Å². The minimum absolute atomic E-state index is 0.0921. The number of unbranched alkanes of at least 4 members (excludes halogenated alkanes) is 2. The summed E-state index contributed by atoms with van der Waals surface area (Å²) in [6.45, 7) is 9.11. The average Bonchev–Trinajstić information content (AvgIpc) is 3.26. The molecule has 0 radical (unpaired) electrons. The molecule has 0 bridgehead atoms. The number of sulfonamides is 1. The molecule has 1 aliphatic heterocycles. The Morgan fingerprint density at radius 1 is 1.15 bits per heavy atom. The van der Waals surface area contributed by atoms with Crippen LogP contribution in [0.1, 0.15) is 83.7 Å². The van der Waals surface area contributed by atoms with E-state index in [2.05, 4.69) is 18.8 Å². The minimum atomic E-state index is -3.81. The van der Waals surface area contributed by atoms with Gasteiger partial charge in [0.2, 0.25) is 10.0 Å². The Balaban J connectivity index is 1.78. The minimum Gasteiger partial charge on any atom is -0.493 e. The Hall–Kier alpha value is -2.76. The van der Waals surface area contributed by atoms with Gasteiger partial charge in [0.05, 0.1) is 28.9 Å². The van der Waals surface area contributed by atoms with Crippen molar-refractivity contribution in [3.63, 3.8) is 0 Å². The zero-order chi connectivity index (χ0) is 28.9. The van der Waals surface area contributed by atoms with Crippen LogP contribution in [0.5, 0.6) is 5.75 Å². The van der Waals surface area contributed by atoms with Crippen molar-refractivity contribution >= 4 is 15.5 Å². The van der Waals surface area contributed by atoms with Crippen LogP contribution in [-0.2, 0) is 16.4 Å². The summed E-state index contributed by atoms with van der Waals surface area (Å²) in [4.78, 5) is 21.0. The number of benzene rings is 1. The molecule has 0 spiro atoms. The number of hydrogen-bond donors (Lipinski definition) is 2. The van der Waals surface area contributed by atoms with E-state index in [1.54, 1.807) is 10.6 Å². The molecule has 0 saturated carbocycles. The first-order valence-electron chi connectivity index (χ1n) is 14.6. The number of nitrogens with one attached hydrogen (secondary N) is 1. The van der Waals surface area contributed by atoms with Crippen molar-refractivity contribution in [2.45, 2.75) is 96.5 Å². The summed E-state index contributed by atoms with van der Waals surface area (Å²) in [7, 11) is -3.81. The average molecular weight is 574 g/mol. The molecule has 40 heavy (non-hydrogen) atoms. The number of aromatic nitrogens is 4. The van der Waals surface area contributed by atoms with Crippen molar-refractivity contribution in [3.05, 3.63) is 40.1 Å². The summed E-state index contributed by atoms with van der Waals surface area (Å²) >= 11 is 0. The first-order valence-corrected chi connectivity index (χ1v) is 16.1. The lowest BCUT2D eigenvalue weighted by molar-refractivity contribution is 0.113. The summed E-state index contributed by atoms with van der Waals surface area (Å²) < 4.78 is 36.0. The predicted molar refractivity (Wildman–Crippen MR) is 155 cm³/mol. The van der Waals surface area contributed by atoms with Crippen LogP contribution < -0.4 is 10.3 Å². The zero-order valence-corrected chi connectivity index (χ0v) is 25.0.